The van der Waals surface area contributed by atoms with Crippen LogP contribution in [0.2, 0.25) is 0 Å². The smallest absolute Gasteiger partial charge is 0.281 e. The summed E-state index contributed by atoms with van der Waals surface area (Å²) in [4.78, 5) is 25.0. The fraction of sp³-hybridized carbons (Fsp3) is 0.808. The van der Waals surface area contributed by atoms with Crippen LogP contribution in [0.5, 0.6) is 0 Å². The van der Waals surface area contributed by atoms with E-state index in [2.05, 4.69) is 22.5 Å². The van der Waals surface area contributed by atoms with E-state index in [1.807, 2.05) is 11.1 Å². The quantitative estimate of drug-likeness (QED) is 0.599. The van der Waals surface area contributed by atoms with Crippen LogP contribution in [0, 0.1) is 11.3 Å². The van der Waals surface area contributed by atoms with Crippen LogP contribution in [0.3, 0.4) is 0 Å². The number of anilines is 2. The molecule has 2 saturated carbocycles. The van der Waals surface area contributed by atoms with Gasteiger partial charge in [-0.25, -0.2) is 4.98 Å². The third kappa shape index (κ3) is 3.83. The van der Waals surface area contributed by atoms with Crippen molar-refractivity contribution in [2.45, 2.75) is 82.2 Å². The fourth-order valence-electron chi connectivity index (χ4n) is 7.64. The van der Waals surface area contributed by atoms with Crippen LogP contribution in [0.25, 0.3) is 0 Å². The Bertz CT molecular complexity index is 1190. The summed E-state index contributed by atoms with van der Waals surface area (Å²) >= 11 is 0. The minimum atomic E-state index is -3.43. The van der Waals surface area contributed by atoms with E-state index in [0.717, 1.165) is 69.4 Å². The van der Waals surface area contributed by atoms with Gasteiger partial charge < -0.3 is 10.6 Å². The van der Waals surface area contributed by atoms with Crippen LogP contribution < -0.4 is 15.5 Å². The van der Waals surface area contributed by atoms with E-state index in [1.54, 1.807) is 8.61 Å². The second kappa shape index (κ2) is 8.59. The Labute approximate surface area is 219 Å². The van der Waals surface area contributed by atoms with Crippen LogP contribution in [0.1, 0.15) is 70.3 Å². The van der Waals surface area contributed by atoms with Crippen molar-refractivity contribution in [1.82, 2.24) is 23.9 Å². The van der Waals surface area contributed by atoms with Crippen LogP contribution >= 0.6 is 0 Å². The predicted octanol–water partition coefficient (Wildman–Crippen LogP) is 1.85. The molecule has 3 saturated heterocycles. The molecule has 0 aromatic carbocycles. The number of nitrogens with one attached hydrogen (secondary N) is 2. The van der Waals surface area contributed by atoms with E-state index in [4.69, 9.17) is 4.98 Å². The summed E-state index contributed by atoms with van der Waals surface area (Å²) in [5.74, 6) is 2.07. The molecule has 11 heteroatoms. The molecule has 2 aliphatic carbocycles. The standard InChI is InChI=1S/C26H39N7O3S/c1-18-3-2-4-21(18)33-22-20(26(7-8-26)23(33)34)15-28-24(30-22)29-19-5-12-31(13-6-19)37(35,36)32-14-10-25(17-32)9-11-27-16-25/h15,18-19,21,27H,2-14,16-17H2,1H3,(H,28,29,30). The Hall–Kier alpha value is -1.82. The van der Waals surface area contributed by atoms with Gasteiger partial charge in [0.15, 0.2) is 0 Å². The third-order valence-electron chi connectivity index (χ3n) is 10.2. The zero-order valence-electron chi connectivity index (χ0n) is 21.8. The van der Waals surface area contributed by atoms with Crippen molar-refractivity contribution < 1.29 is 13.2 Å². The average Bonchev–Trinajstić information content (AvgIpc) is 3.18. The molecule has 6 aliphatic rings. The van der Waals surface area contributed by atoms with Crippen LogP contribution in [-0.4, -0.2) is 84.3 Å². The van der Waals surface area contributed by atoms with Crippen molar-refractivity contribution in [2.24, 2.45) is 11.3 Å². The summed E-state index contributed by atoms with van der Waals surface area (Å²) < 4.78 is 30.1. The highest BCUT2D eigenvalue weighted by atomic mass is 32.2. The molecule has 0 bridgehead atoms. The Morgan fingerprint density at radius 1 is 1.05 bits per heavy atom. The van der Waals surface area contributed by atoms with E-state index in [9.17, 15) is 13.2 Å². The van der Waals surface area contributed by atoms with Crippen LogP contribution in [0.4, 0.5) is 11.8 Å². The number of hydrogen-bond acceptors (Lipinski definition) is 7. The molecule has 0 radical (unpaired) electrons. The number of carbonyl (C=O) groups excluding carboxylic acids is 1. The van der Waals surface area contributed by atoms with Crippen molar-refractivity contribution in [3.63, 3.8) is 0 Å². The van der Waals surface area contributed by atoms with E-state index < -0.39 is 10.2 Å². The summed E-state index contributed by atoms with van der Waals surface area (Å²) in [5.41, 5.74) is 0.755. The number of hydrogen-bond donors (Lipinski definition) is 2. The second-order valence-corrected chi connectivity index (χ2v) is 14.4. The van der Waals surface area contributed by atoms with E-state index in [-0.39, 0.29) is 28.8 Å². The summed E-state index contributed by atoms with van der Waals surface area (Å²) in [5, 5.41) is 6.88. The Morgan fingerprint density at radius 3 is 2.54 bits per heavy atom. The number of fused-ring (bicyclic) bond motifs is 2. The van der Waals surface area contributed by atoms with Crippen molar-refractivity contribution in [3.05, 3.63) is 11.8 Å². The summed E-state index contributed by atoms with van der Waals surface area (Å²) in [6, 6.07) is 0.339. The number of nitrogens with zero attached hydrogens (tertiary/aromatic N) is 5. The first-order valence-corrected chi connectivity index (χ1v) is 15.6. The van der Waals surface area contributed by atoms with Gasteiger partial charge in [0, 0.05) is 56.6 Å². The first-order chi connectivity index (χ1) is 17.8. The lowest BCUT2D eigenvalue weighted by Crippen LogP contribution is -2.49. The van der Waals surface area contributed by atoms with Gasteiger partial charge in [-0.05, 0) is 69.2 Å². The SMILES string of the molecule is CC1CCCC1N1C(=O)C2(CC2)c2cnc(NC3CCN(S(=O)(=O)N4CCC5(CCNC5)C4)CC3)nc21. The van der Waals surface area contributed by atoms with Crippen molar-refractivity contribution in [3.8, 4) is 0 Å². The number of rotatable bonds is 5. The predicted molar refractivity (Wildman–Crippen MR) is 140 cm³/mol. The molecule has 37 heavy (non-hydrogen) atoms. The van der Waals surface area contributed by atoms with E-state index in [1.165, 1.54) is 0 Å². The largest absolute Gasteiger partial charge is 0.351 e. The van der Waals surface area contributed by atoms with E-state index in [0.29, 0.717) is 50.9 Å². The highest BCUT2D eigenvalue weighted by Gasteiger charge is 2.62. The fourth-order valence-corrected chi connectivity index (χ4v) is 9.40. The number of amides is 1. The Kier molecular flexibility index (Phi) is 5.63. The molecular formula is C26H39N7O3S. The van der Waals surface area contributed by atoms with Gasteiger partial charge in [-0.1, -0.05) is 13.3 Å². The lowest BCUT2D eigenvalue weighted by molar-refractivity contribution is -0.120. The summed E-state index contributed by atoms with van der Waals surface area (Å²) in [7, 11) is -3.43. The molecule has 4 aliphatic heterocycles. The zero-order chi connectivity index (χ0) is 25.4. The monoisotopic (exact) mass is 529 g/mol. The van der Waals surface area contributed by atoms with Crippen molar-refractivity contribution in [1.29, 1.82) is 0 Å². The van der Waals surface area contributed by atoms with Crippen molar-refractivity contribution in [2.75, 3.05) is 49.5 Å². The summed E-state index contributed by atoms with van der Waals surface area (Å²) in [6.45, 7) is 6.43. The zero-order valence-corrected chi connectivity index (χ0v) is 22.6. The first-order valence-electron chi connectivity index (χ1n) is 14.3. The molecule has 3 unspecified atom stereocenters. The van der Waals surface area contributed by atoms with Gasteiger partial charge >= 0.3 is 0 Å². The molecule has 7 rings (SSSR count). The molecular weight excluding hydrogens is 490 g/mol. The van der Waals surface area contributed by atoms with Gasteiger partial charge in [0.25, 0.3) is 10.2 Å². The molecule has 1 aromatic heterocycles. The topological polar surface area (TPSA) is 111 Å². The highest BCUT2D eigenvalue weighted by Crippen LogP contribution is 2.58. The van der Waals surface area contributed by atoms with Crippen LogP contribution in [-0.2, 0) is 20.4 Å². The number of piperidine rings is 1. The maximum Gasteiger partial charge on any atom is 0.281 e. The first kappa shape index (κ1) is 24.2. The second-order valence-electron chi connectivity index (χ2n) is 12.5. The minimum absolute atomic E-state index is 0.110. The lowest BCUT2D eigenvalue weighted by Gasteiger charge is -2.34. The molecule has 1 aromatic rings. The molecule has 3 atom stereocenters. The van der Waals surface area contributed by atoms with Gasteiger partial charge in [0.05, 0.1) is 5.41 Å². The molecule has 5 heterocycles. The van der Waals surface area contributed by atoms with Crippen molar-refractivity contribution >= 4 is 27.9 Å². The normalized spacial score (nSPS) is 34.2. The van der Waals surface area contributed by atoms with Gasteiger partial charge in [-0.3, -0.25) is 9.69 Å². The van der Waals surface area contributed by atoms with Gasteiger partial charge in [-0.2, -0.15) is 22.0 Å². The Balaban J connectivity index is 1.02. The van der Waals surface area contributed by atoms with Crippen LogP contribution in [0.15, 0.2) is 6.20 Å². The maximum absolute atomic E-state index is 13.5. The number of aromatic nitrogens is 2. The minimum Gasteiger partial charge on any atom is -0.351 e. The highest BCUT2D eigenvalue weighted by molar-refractivity contribution is 7.86. The molecule has 10 nitrogen and oxygen atoms in total. The maximum atomic E-state index is 13.5. The number of carbonyl (C=O) groups is 1. The summed E-state index contributed by atoms with van der Waals surface area (Å²) in [6.07, 6.45) is 10.5. The molecule has 202 valence electrons. The molecule has 5 fully saturated rings. The molecule has 2 spiro atoms. The lowest BCUT2D eigenvalue weighted by atomic mass is 9.87. The molecule has 2 N–H and O–H groups in total. The van der Waals surface area contributed by atoms with E-state index >= 15 is 0 Å². The third-order valence-corrected chi connectivity index (χ3v) is 12.2. The average molecular weight is 530 g/mol. The Morgan fingerprint density at radius 2 is 1.86 bits per heavy atom. The van der Waals surface area contributed by atoms with Gasteiger partial charge in [0.2, 0.25) is 11.9 Å². The molecule has 1 amide bonds. The van der Waals surface area contributed by atoms with Gasteiger partial charge in [0.1, 0.15) is 5.82 Å². The van der Waals surface area contributed by atoms with Gasteiger partial charge in [-0.15, -0.1) is 0 Å².